The summed E-state index contributed by atoms with van der Waals surface area (Å²) in [6.07, 6.45) is 0. The maximum Gasteiger partial charge on any atom is 0.272 e. The Bertz CT molecular complexity index is 1070. The highest BCUT2D eigenvalue weighted by molar-refractivity contribution is 5.93. The normalized spacial score (nSPS) is 13.6. The highest BCUT2D eigenvalue weighted by Crippen LogP contribution is 2.18. The molecule has 0 bridgehead atoms. The Morgan fingerprint density at radius 2 is 1.70 bits per heavy atom. The van der Waals surface area contributed by atoms with Crippen LogP contribution in [0.2, 0.25) is 0 Å². The molecule has 1 aromatic heterocycles. The van der Waals surface area contributed by atoms with Gasteiger partial charge in [-0.15, -0.1) is 0 Å². The van der Waals surface area contributed by atoms with Gasteiger partial charge in [0.2, 0.25) is 5.95 Å². The topological polar surface area (TPSA) is 85.2 Å². The molecule has 0 spiro atoms. The van der Waals surface area contributed by atoms with Crippen molar-refractivity contribution >= 4 is 23.2 Å². The number of nitrogens with one attached hydrogen (secondary N) is 1. The summed E-state index contributed by atoms with van der Waals surface area (Å²) in [6, 6.07) is 21.1. The number of anilines is 3. The first-order valence-electron chi connectivity index (χ1n) is 9.84. The Balaban J connectivity index is 1.44. The molecule has 0 radical (unpaired) electrons. The number of amides is 1. The van der Waals surface area contributed by atoms with Gasteiger partial charge >= 0.3 is 0 Å². The van der Waals surface area contributed by atoms with E-state index in [0.717, 1.165) is 18.8 Å². The van der Waals surface area contributed by atoms with E-state index in [4.69, 9.17) is 5.26 Å². The lowest BCUT2D eigenvalue weighted by molar-refractivity contribution is 0.0740. The molecule has 1 fully saturated rings. The van der Waals surface area contributed by atoms with Gasteiger partial charge in [-0.05, 0) is 49.4 Å². The van der Waals surface area contributed by atoms with Crippen molar-refractivity contribution in [2.24, 2.45) is 0 Å². The van der Waals surface area contributed by atoms with Crippen LogP contribution in [0, 0.1) is 18.3 Å². The molecule has 2 heterocycles. The van der Waals surface area contributed by atoms with Crippen molar-refractivity contribution in [3.8, 4) is 6.07 Å². The van der Waals surface area contributed by atoms with E-state index in [0.29, 0.717) is 36.0 Å². The standard InChI is InChI=1S/C23H22N6O/c1-17-15-21(27-23(25-17)26-19-9-7-18(16-24)8-10-19)22(30)29-13-11-28(12-14-29)20-5-3-2-4-6-20/h2-10,15H,11-14H2,1H3,(H,25,26,27). The van der Waals surface area contributed by atoms with Crippen LogP contribution < -0.4 is 10.2 Å². The predicted molar refractivity (Wildman–Crippen MR) is 116 cm³/mol. The lowest BCUT2D eigenvalue weighted by atomic mass is 10.2. The molecule has 1 saturated heterocycles. The van der Waals surface area contributed by atoms with E-state index in [1.165, 1.54) is 5.69 Å². The summed E-state index contributed by atoms with van der Waals surface area (Å²) in [4.78, 5) is 26.0. The van der Waals surface area contributed by atoms with Gasteiger partial charge in [0, 0.05) is 43.2 Å². The number of hydrogen-bond acceptors (Lipinski definition) is 6. The largest absolute Gasteiger partial charge is 0.368 e. The van der Waals surface area contributed by atoms with Crippen LogP contribution in [0.3, 0.4) is 0 Å². The molecule has 3 aromatic rings. The van der Waals surface area contributed by atoms with E-state index in [9.17, 15) is 4.79 Å². The van der Waals surface area contributed by atoms with Gasteiger partial charge in [-0.1, -0.05) is 18.2 Å². The minimum absolute atomic E-state index is 0.0870. The molecule has 1 N–H and O–H groups in total. The van der Waals surface area contributed by atoms with Crippen molar-refractivity contribution in [1.82, 2.24) is 14.9 Å². The molecule has 7 nitrogen and oxygen atoms in total. The van der Waals surface area contributed by atoms with Gasteiger partial charge in [-0.25, -0.2) is 9.97 Å². The zero-order valence-corrected chi connectivity index (χ0v) is 16.7. The first kappa shape index (κ1) is 19.4. The van der Waals surface area contributed by atoms with Crippen LogP contribution in [0.5, 0.6) is 0 Å². The average molecular weight is 398 g/mol. The van der Waals surface area contributed by atoms with Crippen molar-refractivity contribution in [3.63, 3.8) is 0 Å². The molecule has 30 heavy (non-hydrogen) atoms. The molecule has 4 rings (SSSR count). The third-order valence-electron chi connectivity index (χ3n) is 5.03. The quantitative estimate of drug-likeness (QED) is 0.725. The summed E-state index contributed by atoms with van der Waals surface area (Å²) in [5.41, 5.74) is 3.61. The predicted octanol–water partition coefficient (Wildman–Crippen LogP) is 3.36. The van der Waals surface area contributed by atoms with E-state index >= 15 is 0 Å². The minimum Gasteiger partial charge on any atom is -0.368 e. The second kappa shape index (κ2) is 8.62. The number of benzene rings is 2. The minimum atomic E-state index is -0.0870. The maximum atomic E-state index is 13.0. The molecule has 7 heteroatoms. The van der Waals surface area contributed by atoms with Crippen LogP contribution in [0.4, 0.5) is 17.3 Å². The number of carbonyl (C=O) groups is 1. The van der Waals surface area contributed by atoms with Gasteiger partial charge < -0.3 is 15.1 Å². The monoisotopic (exact) mass is 398 g/mol. The van der Waals surface area contributed by atoms with Crippen molar-refractivity contribution in [3.05, 3.63) is 77.6 Å². The van der Waals surface area contributed by atoms with E-state index in [-0.39, 0.29) is 5.91 Å². The summed E-state index contributed by atoms with van der Waals surface area (Å²) < 4.78 is 0. The van der Waals surface area contributed by atoms with Gasteiger partial charge in [0.05, 0.1) is 11.6 Å². The van der Waals surface area contributed by atoms with Crippen molar-refractivity contribution in [2.75, 3.05) is 36.4 Å². The van der Waals surface area contributed by atoms with E-state index < -0.39 is 0 Å². The highest BCUT2D eigenvalue weighted by atomic mass is 16.2. The number of piperazine rings is 1. The molecule has 0 saturated carbocycles. The SMILES string of the molecule is Cc1cc(C(=O)N2CCN(c3ccccc3)CC2)nc(Nc2ccc(C#N)cc2)n1. The summed E-state index contributed by atoms with van der Waals surface area (Å²) in [7, 11) is 0. The fraction of sp³-hybridized carbons (Fsp3) is 0.217. The zero-order valence-electron chi connectivity index (χ0n) is 16.7. The van der Waals surface area contributed by atoms with Crippen LogP contribution in [-0.2, 0) is 0 Å². The van der Waals surface area contributed by atoms with Crippen LogP contribution >= 0.6 is 0 Å². The second-order valence-corrected chi connectivity index (χ2v) is 7.15. The number of hydrogen-bond donors (Lipinski definition) is 1. The molecule has 0 atom stereocenters. The molecule has 0 aliphatic carbocycles. The van der Waals surface area contributed by atoms with Gasteiger partial charge in [-0.2, -0.15) is 5.26 Å². The fourth-order valence-corrected chi connectivity index (χ4v) is 3.46. The molecule has 150 valence electrons. The number of rotatable bonds is 4. The Morgan fingerprint density at radius 1 is 1.00 bits per heavy atom. The molecule has 2 aromatic carbocycles. The first-order chi connectivity index (χ1) is 14.6. The molecular formula is C23H22N6O. The van der Waals surface area contributed by atoms with Gasteiger partial charge in [0.25, 0.3) is 5.91 Å². The lowest BCUT2D eigenvalue weighted by Gasteiger charge is -2.36. The number of aromatic nitrogens is 2. The number of para-hydroxylation sites is 1. The smallest absolute Gasteiger partial charge is 0.272 e. The molecule has 1 aliphatic rings. The Kier molecular flexibility index (Phi) is 5.57. The fourth-order valence-electron chi connectivity index (χ4n) is 3.46. The second-order valence-electron chi connectivity index (χ2n) is 7.15. The highest BCUT2D eigenvalue weighted by Gasteiger charge is 2.24. The van der Waals surface area contributed by atoms with Crippen LogP contribution in [0.25, 0.3) is 0 Å². The van der Waals surface area contributed by atoms with Gasteiger partial charge in [0.1, 0.15) is 5.69 Å². The molecule has 0 unspecified atom stereocenters. The Labute approximate surface area is 175 Å². The Morgan fingerprint density at radius 3 is 2.37 bits per heavy atom. The number of aryl methyl sites for hydroxylation is 1. The number of nitrogens with zero attached hydrogens (tertiary/aromatic N) is 5. The van der Waals surface area contributed by atoms with Crippen molar-refractivity contribution < 1.29 is 4.79 Å². The van der Waals surface area contributed by atoms with Gasteiger partial charge in [-0.3, -0.25) is 4.79 Å². The summed E-state index contributed by atoms with van der Waals surface area (Å²) >= 11 is 0. The van der Waals surface area contributed by atoms with E-state index in [2.05, 4.69) is 38.4 Å². The van der Waals surface area contributed by atoms with Gasteiger partial charge in [0.15, 0.2) is 0 Å². The van der Waals surface area contributed by atoms with Crippen LogP contribution in [0.1, 0.15) is 21.7 Å². The first-order valence-corrected chi connectivity index (χ1v) is 9.84. The molecule has 1 aliphatic heterocycles. The Hall–Kier alpha value is -3.92. The third kappa shape index (κ3) is 4.39. The summed E-state index contributed by atoms with van der Waals surface area (Å²) in [5, 5.41) is 12.0. The summed E-state index contributed by atoms with van der Waals surface area (Å²) in [6.45, 7) is 4.71. The average Bonchev–Trinajstić information content (AvgIpc) is 2.79. The lowest BCUT2D eigenvalue weighted by Crippen LogP contribution is -2.49. The number of nitriles is 1. The van der Waals surface area contributed by atoms with Crippen LogP contribution in [-0.4, -0.2) is 47.0 Å². The number of carbonyl (C=O) groups excluding carboxylic acids is 1. The molecule has 1 amide bonds. The van der Waals surface area contributed by atoms with E-state index in [1.807, 2.05) is 30.0 Å². The van der Waals surface area contributed by atoms with Crippen LogP contribution in [0.15, 0.2) is 60.7 Å². The maximum absolute atomic E-state index is 13.0. The third-order valence-corrected chi connectivity index (χ3v) is 5.03. The summed E-state index contributed by atoms with van der Waals surface area (Å²) in [5.74, 6) is 0.280. The zero-order chi connectivity index (χ0) is 20.9. The van der Waals surface area contributed by atoms with E-state index in [1.54, 1.807) is 30.3 Å². The molecular weight excluding hydrogens is 376 g/mol. The van der Waals surface area contributed by atoms with Crippen molar-refractivity contribution in [2.45, 2.75) is 6.92 Å². The van der Waals surface area contributed by atoms with Crippen molar-refractivity contribution in [1.29, 1.82) is 5.26 Å².